The number of thiophene rings is 1. The first kappa shape index (κ1) is 15.1. The van der Waals surface area contributed by atoms with E-state index in [1.165, 1.54) is 0 Å². The SMILES string of the molecule is Cc1cn2nc(NC3CCN(C(=O)c4cscc4C)C3)ccc2n1. The summed E-state index contributed by atoms with van der Waals surface area (Å²) in [6.07, 6.45) is 2.84. The summed E-state index contributed by atoms with van der Waals surface area (Å²) >= 11 is 1.58. The van der Waals surface area contributed by atoms with Crippen LogP contribution in [-0.4, -0.2) is 44.5 Å². The van der Waals surface area contributed by atoms with Crippen LogP contribution in [0.15, 0.2) is 29.1 Å². The molecule has 0 aliphatic carbocycles. The number of aromatic nitrogens is 3. The van der Waals surface area contributed by atoms with E-state index >= 15 is 0 Å². The Morgan fingerprint density at radius 2 is 2.21 bits per heavy atom. The Morgan fingerprint density at radius 3 is 3.00 bits per heavy atom. The third-order valence-corrected chi connectivity index (χ3v) is 5.22. The maximum absolute atomic E-state index is 12.6. The van der Waals surface area contributed by atoms with Gasteiger partial charge in [-0.1, -0.05) is 0 Å². The number of imidazole rings is 1. The minimum absolute atomic E-state index is 0.131. The molecule has 3 aromatic heterocycles. The molecule has 1 aliphatic heterocycles. The lowest BCUT2D eigenvalue weighted by Gasteiger charge is -2.17. The van der Waals surface area contributed by atoms with Gasteiger partial charge in [0.2, 0.25) is 0 Å². The molecule has 1 aliphatic rings. The van der Waals surface area contributed by atoms with Gasteiger partial charge in [-0.25, -0.2) is 9.50 Å². The first-order valence-electron chi connectivity index (χ1n) is 8.02. The molecular formula is C17H19N5OS. The van der Waals surface area contributed by atoms with Gasteiger partial charge in [0.1, 0.15) is 5.82 Å². The summed E-state index contributed by atoms with van der Waals surface area (Å²) in [6.45, 7) is 5.42. The number of anilines is 1. The molecule has 124 valence electrons. The number of likely N-dealkylation sites (tertiary alicyclic amines) is 1. The molecule has 1 N–H and O–H groups in total. The van der Waals surface area contributed by atoms with E-state index in [1.54, 1.807) is 15.9 Å². The number of rotatable bonds is 3. The average molecular weight is 341 g/mol. The number of hydrogen-bond donors (Lipinski definition) is 1. The number of carbonyl (C=O) groups is 1. The Labute approximate surface area is 144 Å². The molecule has 4 rings (SSSR count). The molecule has 3 aromatic rings. The topological polar surface area (TPSA) is 62.5 Å². The summed E-state index contributed by atoms with van der Waals surface area (Å²) < 4.78 is 1.78. The Bertz CT molecular complexity index is 899. The van der Waals surface area contributed by atoms with Crippen LogP contribution in [0.1, 0.15) is 28.0 Å². The highest BCUT2D eigenvalue weighted by Gasteiger charge is 2.28. The van der Waals surface area contributed by atoms with Crippen molar-refractivity contribution in [1.82, 2.24) is 19.5 Å². The summed E-state index contributed by atoms with van der Waals surface area (Å²) in [5.41, 5.74) is 3.68. The summed E-state index contributed by atoms with van der Waals surface area (Å²) in [5.74, 6) is 0.942. The van der Waals surface area contributed by atoms with E-state index in [0.717, 1.165) is 41.3 Å². The van der Waals surface area contributed by atoms with Gasteiger partial charge in [-0.3, -0.25) is 4.79 Å². The van der Waals surface area contributed by atoms with E-state index in [2.05, 4.69) is 15.4 Å². The normalized spacial score (nSPS) is 17.6. The first-order chi connectivity index (χ1) is 11.6. The Kier molecular flexibility index (Phi) is 3.72. The third kappa shape index (κ3) is 2.75. The smallest absolute Gasteiger partial charge is 0.255 e. The minimum Gasteiger partial charge on any atom is -0.364 e. The summed E-state index contributed by atoms with van der Waals surface area (Å²) in [7, 11) is 0. The van der Waals surface area contributed by atoms with Gasteiger partial charge in [0.25, 0.3) is 5.91 Å². The van der Waals surface area contributed by atoms with E-state index in [1.807, 2.05) is 47.8 Å². The molecule has 1 atom stereocenters. The quantitative estimate of drug-likeness (QED) is 0.796. The van der Waals surface area contributed by atoms with Gasteiger partial charge in [-0.15, -0.1) is 5.10 Å². The molecular weight excluding hydrogens is 322 g/mol. The van der Waals surface area contributed by atoms with Crippen molar-refractivity contribution in [2.45, 2.75) is 26.3 Å². The van der Waals surface area contributed by atoms with Crippen molar-refractivity contribution in [3.63, 3.8) is 0 Å². The predicted octanol–water partition coefficient (Wildman–Crippen LogP) is 2.73. The molecule has 0 saturated carbocycles. The number of nitrogens with zero attached hydrogens (tertiary/aromatic N) is 4. The lowest BCUT2D eigenvalue weighted by molar-refractivity contribution is 0.0791. The van der Waals surface area contributed by atoms with Crippen molar-refractivity contribution in [3.05, 3.63) is 45.9 Å². The van der Waals surface area contributed by atoms with Crippen LogP contribution in [0.3, 0.4) is 0 Å². The number of hydrogen-bond acceptors (Lipinski definition) is 5. The molecule has 0 bridgehead atoms. The van der Waals surface area contributed by atoms with Gasteiger partial charge in [-0.2, -0.15) is 11.3 Å². The second-order valence-electron chi connectivity index (χ2n) is 6.25. The Hall–Kier alpha value is -2.41. The van der Waals surface area contributed by atoms with Crippen molar-refractivity contribution in [3.8, 4) is 0 Å². The predicted molar refractivity (Wildman–Crippen MR) is 94.7 cm³/mol. The fourth-order valence-corrected chi connectivity index (χ4v) is 3.92. The van der Waals surface area contributed by atoms with Crippen molar-refractivity contribution < 1.29 is 4.79 Å². The third-order valence-electron chi connectivity index (χ3n) is 4.35. The molecule has 24 heavy (non-hydrogen) atoms. The molecule has 1 unspecified atom stereocenters. The highest BCUT2D eigenvalue weighted by molar-refractivity contribution is 7.08. The molecule has 6 nitrogen and oxygen atoms in total. The number of carbonyl (C=O) groups excluding carboxylic acids is 1. The van der Waals surface area contributed by atoms with Crippen LogP contribution >= 0.6 is 11.3 Å². The van der Waals surface area contributed by atoms with Crippen LogP contribution in [0, 0.1) is 13.8 Å². The highest BCUT2D eigenvalue weighted by atomic mass is 32.1. The van der Waals surface area contributed by atoms with Crippen molar-refractivity contribution >= 4 is 28.7 Å². The second-order valence-corrected chi connectivity index (χ2v) is 7.00. The summed E-state index contributed by atoms with van der Waals surface area (Å²) in [6, 6.07) is 4.12. The largest absolute Gasteiger partial charge is 0.364 e. The van der Waals surface area contributed by atoms with Crippen LogP contribution < -0.4 is 5.32 Å². The van der Waals surface area contributed by atoms with E-state index in [0.29, 0.717) is 6.54 Å². The molecule has 0 spiro atoms. The van der Waals surface area contributed by atoms with Crippen molar-refractivity contribution in [2.75, 3.05) is 18.4 Å². The van der Waals surface area contributed by atoms with Gasteiger partial charge < -0.3 is 10.2 Å². The number of amides is 1. The fourth-order valence-electron chi connectivity index (χ4n) is 3.10. The molecule has 1 amide bonds. The number of nitrogens with one attached hydrogen (secondary N) is 1. The molecule has 0 radical (unpaired) electrons. The minimum atomic E-state index is 0.131. The lowest BCUT2D eigenvalue weighted by Crippen LogP contribution is -2.31. The second kappa shape index (κ2) is 5.90. The summed E-state index contributed by atoms with van der Waals surface area (Å²) in [4.78, 5) is 18.9. The van der Waals surface area contributed by atoms with Crippen LogP contribution in [0.4, 0.5) is 5.82 Å². The zero-order chi connectivity index (χ0) is 16.7. The fraction of sp³-hybridized carbons (Fsp3) is 0.353. The van der Waals surface area contributed by atoms with Crippen LogP contribution in [0.25, 0.3) is 5.65 Å². The highest BCUT2D eigenvalue weighted by Crippen LogP contribution is 2.21. The summed E-state index contributed by atoms with van der Waals surface area (Å²) in [5, 5.41) is 11.9. The molecule has 1 fully saturated rings. The molecule has 7 heteroatoms. The van der Waals surface area contributed by atoms with E-state index < -0.39 is 0 Å². The zero-order valence-corrected chi connectivity index (χ0v) is 14.5. The average Bonchev–Trinajstić information content (AvgIpc) is 3.25. The maximum atomic E-state index is 12.6. The molecule has 4 heterocycles. The lowest BCUT2D eigenvalue weighted by atomic mass is 10.2. The number of aryl methyl sites for hydroxylation is 2. The molecule has 0 aromatic carbocycles. The van der Waals surface area contributed by atoms with E-state index in [4.69, 9.17) is 0 Å². The van der Waals surface area contributed by atoms with Crippen LogP contribution in [0.2, 0.25) is 0 Å². The van der Waals surface area contributed by atoms with Gasteiger partial charge >= 0.3 is 0 Å². The Morgan fingerprint density at radius 1 is 1.33 bits per heavy atom. The monoisotopic (exact) mass is 341 g/mol. The van der Waals surface area contributed by atoms with Crippen LogP contribution in [0.5, 0.6) is 0 Å². The zero-order valence-electron chi connectivity index (χ0n) is 13.7. The standard InChI is InChI=1S/C17H19N5OS/c1-11-9-24-10-14(11)17(23)21-6-5-13(8-21)19-15-3-4-16-18-12(2)7-22(16)20-15/h3-4,7,9-10,13H,5-6,8H2,1-2H3,(H,19,20). The van der Waals surface area contributed by atoms with Crippen LogP contribution in [-0.2, 0) is 0 Å². The first-order valence-corrected chi connectivity index (χ1v) is 8.96. The number of fused-ring (bicyclic) bond motifs is 1. The van der Waals surface area contributed by atoms with Crippen molar-refractivity contribution in [1.29, 1.82) is 0 Å². The Balaban J connectivity index is 1.44. The van der Waals surface area contributed by atoms with Gasteiger partial charge in [0.15, 0.2) is 5.65 Å². The van der Waals surface area contributed by atoms with Crippen molar-refractivity contribution in [2.24, 2.45) is 0 Å². The van der Waals surface area contributed by atoms with E-state index in [9.17, 15) is 4.79 Å². The van der Waals surface area contributed by atoms with Gasteiger partial charge in [0.05, 0.1) is 17.5 Å². The van der Waals surface area contributed by atoms with E-state index in [-0.39, 0.29) is 11.9 Å². The van der Waals surface area contributed by atoms with Gasteiger partial charge in [-0.05, 0) is 43.3 Å². The molecule has 1 saturated heterocycles. The van der Waals surface area contributed by atoms with Gasteiger partial charge in [0, 0.05) is 24.5 Å². The maximum Gasteiger partial charge on any atom is 0.255 e.